The van der Waals surface area contributed by atoms with Crippen LogP contribution in [0.1, 0.15) is 60.8 Å². The number of hydrogen-bond acceptors (Lipinski definition) is 4. The third-order valence-electron chi connectivity index (χ3n) is 3.42. The van der Waals surface area contributed by atoms with E-state index in [9.17, 15) is 4.79 Å². The molecular weight excluding hydrogens is 280 g/mol. The average Bonchev–Trinajstić information content (AvgIpc) is 2.34. The standard InChI is InChI=1S/C17H36N2O3/c1-7-14(8-9-20)11-18-12-15(10-13(2)3)19-16(21)22-17(4,5)6/h13-15,18,20H,7-12H2,1-6H3,(H,19,21)/t14-,15+/m1/s1. The van der Waals surface area contributed by atoms with Crippen molar-refractivity contribution in [2.24, 2.45) is 11.8 Å². The van der Waals surface area contributed by atoms with Crippen LogP contribution >= 0.6 is 0 Å². The van der Waals surface area contributed by atoms with Gasteiger partial charge >= 0.3 is 6.09 Å². The minimum Gasteiger partial charge on any atom is -0.444 e. The Morgan fingerprint density at radius 1 is 1.23 bits per heavy atom. The van der Waals surface area contributed by atoms with Crippen LogP contribution in [0.3, 0.4) is 0 Å². The number of ether oxygens (including phenoxy) is 1. The Morgan fingerprint density at radius 3 is 2.32 bits per heavy atom. The van der Waals surface area contributed by atoms with E-state index in [1.807, 2.05) is 20.8 Å². The van der Waals surface area contributed by atoms with E-state index >= 15 is 0 Å². The highest BCUT2D eigenvalue weighted by Gasteiger charge is 2.20. The quantitative estimate of drug-likeness (QED) is 0.579. The molecule has 5 heteroatoms. The molecule has 0 aliphatic rings. The number of rotatable bonds is 10. The van der Waals surface area contributed by atoms with E-state index in [4.69, 9.17) is 9.84 Å². The number of carbonyl (C=O) groups is 1. The molecule has 5 nitrogen and oxygen atoms in total. The highest BCUT2D eigenvalue weighted by atomic mass is 16.6. The summed E-state index contributed by atoms with van der Waals surface area (Å²) in [6.07, 6.45) is 2.41. The zero-order valence-electron chi connectivity index (χ0n) is 15.2. The number of aliphatic hydroxyl groups is 1. The molecule has 22 heavy (non-hydrogen) atoms. The first-order valence-corrected chi connectivity index (χ1v) is 8.49. The Balaban J connectivity index is 4.31. The van der Waals surface area contributed by atoms with Crippen molar-refractivity contribution in [3.63, 3.8) is 0 Å². The monoisotopic (exact) mass is 316 g/mol. The lowest BCUT2D eigenvalue weighted by molar-refractivity contribution is 0.0498. The fourth-order valence-corrected chi connectivity index (χ4v) is 2.33. The van der Waals surface area contributed by atoms with Crippen molar-refractivity contribution < 1.29 is 14.6 Å². The molecular formula is C17H36N2O3. The Bertz CT molecular complexity index is 301. The molecule has 1 amide bonds. The van der Waals surface area contributed by atoms with Gasteiger partial charge in [0.25, 0.3) is 0 Å². The number of carbonyl (C=O) groups excluding carboxylic acids is 1. The zero-order chi connectivity index (χ0) is 17.2. The van der Waals surface area contributed by atoms with Gasteiger partial charge in [-0.1, -0.05) is 27.2 Å². The van der Waals surface area contributed by atoms with Crippen molar-refractivity contribution in [2.45, 2.75) is 72.4 Å². The van der Waals surface area contributed by atoms with Crippen LogP contribution in [-0.2, 0) is 4.74 Å². The molecule has 3 N–H and O–H groups in total. The molecule has 0 spiro atoms. The predicted molar refractivity (Wildman–Crippen MR) is 91.0 cm³/mol. The summed E-state index contributed by atoms with van der Waals surface area (Å²) in [5.41, 5.74) is -0.478. The van der Waals surface area contributed by atoms with Gasteiger partial charge in [0.2, 0.25) is 0 Å². The summed E-state index contributed by atoms with van der Waals surface area (Å²) in [7, 11) is 0. The van der Waals surface area contributed by atoms with Crippen molar-refractivity contribution in [1.29, 1.82) is 0 Å². The maximum atomic E-state index is 11.9. The van der Waals surface area contributed by atoms with Gasteiger partial charge < -0.3 is 20.5 Å². The van der Waals surface area contributed by atoms with Crippen molar-refractivity contribution in [3.8, 4) is 0 Å². The molecule has 0 rings (SSSR count). The van der Waals surface area contributed by atoms with Gasteiger partial charge in [-0.05, 0) is 52.0 Å². The summed E-state index contributed by atoms with van der Waals surface area (Å²) < 4.78 is 5.33. The molecule has 0 radical (unpaired) electrons. The fourth-order valence-electron chi connectivity index (χ4n) is 2.33. The van der Waals surface area contributed by atoms with Crippen LogP contribution in [0, 0.1) is 11.8 Å². The van der Waals surface area contributed by atoms with Crippen LogP contribution < -0.4 is 10.6 Å². The molecule has 0 saturated carbocycles. The topological polar surface area (TPSA) is 70.6 Å². The van der Waals surface area contributed by atoms with Crippen LogP contribution in [0.25, 0.3) is 0 Å². The lowest BCUT2D eigenvalue weighted by atomic mass is 10.0. The predicted octanol–water partition coefficient (Wildman–Crippen LogP) is 2.92. The number of alkyl carbamates (subject to hydrolysis) is 1. The van der Waals surface area contributed by atoms with Gasteiger partial charge in [-0.25, -0.2) is 4.79 Å². The van der Waals surface area contributed by atoms with E-state index in [2.05, 4.69) is 31.4 Å². The molecule has 0 heterocycles. The van der Waals surface area contributed by atoms with Crippen LogP contribution in [-0.4, -0.2) is 42.5 Å². The Kier molecular flexibility index (Phi) is 10.4. The van der Waals surface area contributed by atoms with E-state index in [-0.39, 0.29) is 18.7 Å². The number of aliphatic hydroxyl groups excluding tert-OH is 1. The molecule has 0 aromatic heterocycles. The number of amides is 1. The summed E-state index contributed by atoms with van der Waals surface area (Å²) in [4.78, 5) is 11.9. The molecule has 0 unspecified atom stereocenters. The SMILES string of the molecule is CC[C@H](CCO)CNC[C@H](CC(C)C)NC(=O)OC(C)(C)C. The summed E-state index contributed by atoms with van der Waals surface area (Å²) in [5, 5.41) is 15.4. The molecule has 0 aliphatic carbocycles. The minimum absolute atomic E-state index is 0.0569. The Labute approximate surface area is 136 Å². The fraction of sp³-hybridized carbons (Fsp3) is 0.941. The molecule has 0 fully saturated rings. The van der Waals surface area contributed by atoms with Gasteiger partial charge in [0.15, 0.2) is 0 Å². The van der Waals surface area contributed by atoms with Crippen molar-refractivity contribution >= 4 is 6.09 Å². The molecule has 0 aliphatic heterocycles. The summed E-state index contributed by atoms with van der Waals surface area (Å²) in [6.45, 7) is 13.8. The van der Waals surface area contributed by atoms with Crippen LogP contribution in [0.4, 0.5) is 4.79 Å². The minimum atomic E-state index is -0.478. The molecule has 0 aromatic carbocycles. The van der Waals surface area contributed by atoms with Gasteiger partial charge in [0, 0.05) is 19.2 Å². The highest BCUT2D eigenvalue weighted by Crippen LogP contribution is 2.10. The first kappa shape index (κ1) is 21.2. The van der Waals surface area contributed by atoms with Crippen LogP contribution in [0.2, 0.25) is 0 Å². The molecule has 2 atom stereocenters. The molecule has 132 valence electrons. The van der Waals surface area contributed by atoms with E-state index in [0.29, 0.717) is 11.8 Å². The normalized spacial score (nSPS) is 14.7. The van der Waals surface area contributed by atoms with Gasteiger partial charge in [0.05, 0.1) is 0 Å². The summed E-state index contributed by atoms with van der Waals surface area (Å²) in [5.74, 6) is 0.979. The maximum Gasteiger partial charge on any atom is 0.407 e. The first-order valence-electron chi connectivity index (χ1n) is 8.49. The maximum absolute atomic E-state index is 11.9. The van der Waals surface area contributed by atoms with Gasteiger partial charge in [0.1, 0.15) is 5.60 Å². The third kappa shape index (κ3) is 11.8. The zero-order valence-corrected chi connectivity index (χ0v) is 15.2. The molecule has 0 saturated heterocycles. The summed E-state index contributed by atoms with van der Waals surface area (Å²) >= 11 is 0. The Morgan fingerprint density at radius 2 is 1.86 bits per heavy atom. The van der Waals surface area contributed by atoms with Gasteiger partial charge in [-0.3, -0.25) is 0 Å². The van der Waals surface area contributed by atoms with E-state index in [1.54, 1.807) is 0 Å². The second kappa shape index (κ2) is 10.8. The van der Waals surface area contributed by atoms with E-state index in [0.717, 1.165) is 32.4 Å². The highest BCUT2D eigenvalue weighted by molar-refractivity contribution is 5.68. The lowest BCUT2D eigenvalue weighted by Crippen LogP contribution is -2.45. The lowest BCUT2D eigenvalue weighted by Gasteiger charge is -2.25. The largest absolute Gasteiger partial charge is 0.444 e. The van der Waals surface area contributed by atoms with Crippen molar-refractivity contribution in [2.75, 3.05) is 19.7 Å². The second-order valence-corrected chi connectivity index (χ2v) is 7.42. The second-order valence-electron chi connectivity index (χ2n) is 7.42. The number of hydrogen-bond donors (Lipinski definition) is 3. The van der Waals surface area contributed by atoms with E-state index in [1.165, 1.54) is 0 Å². The smallest absolute Gasteiger partial charge is 0.407 e. The Hall–Kier alpha value is -0.810. The van der Waals surface area contributed by atoms with Crippen LogP contribution in [0.15, 0.2) is 0 Å². The van der Waals surface area contributed by atoms with Gasteiger partial charge in [-0.15, -0.1) is 0 Å². The van der Waals surface area contributed by atoms with Crippen LogP contribution in [0.5, 0.6) is 0 Å². The van der Waals surface area contributed by atoms with Gasteiger partial charge in [-0.2, -0.15) is 0 Å². The van der Waals surface area contributed by atoms with E-state index < -0.39 is 5.60 Å². The first-order chi connectivity index (χ1) is 10.2. The molecule has 0 aromatic rings. The summed E-state index contributed by atoms with van der Waals surface area (Å²) in [6, 6.07) is 0.0569. The van der Waals surface area contributed by atoms with Crippen molar-refractivity contribution in [3.05, 3.63) is 0 Å². The average molecular weight is 316 g/mol. The number of nitrogens with one attached hydrogen (secondary N) is 2. The van der Waals surface area contributed by atoms with Crippen molar-refractivity contribution in [1.82, 2.24) is 10.6 Å². The third-order valence-corrected chi connectivity index (χ3v) is 3.42. The molecule has 0 bridgehead atoms.